The molecule has 0 bridgehead atoms. The second-order valence-electron chi connectivity index (χ2n) is 4.41. The Labute approximate surface area is 117 Å². The molecule has 0 aliphatic heterocycles. The average Bonchev–Trinajstić information content (AvgIpc) is 2.38. The Morgan fingerprint density at radius 3 is 2.20 bits per heavy atom. The van der Waals surface area contributed by atoms with Gasteiger partial charge >= 0.3 is 5.97 Å². The van der Waals surface area contributed by atoms with Crippen molar-refractivity contribution in [3.63, 3.8) is 0 Å². The van der Waals surface area contributed by atoms with E-state index in [9.17, 15) is 18.0 Å². The molecule has 0 saturated carbocycles. The molecule has 0 fully saturated rings. The van der Waals surface area contributed by atoms with Crippen LogP contribution in [0.5, 0.6) is 0 Å². The number of nitrogens with two attached hydrogens (primary N) is 1. The Bertz CT molecular complexity index is 609. The van der Waals surface area contributed by atoms with E-state index in [-0.39, 0.29) is 17.0 Å². The first-order valence-corrected chi connectivity index (χ1v) is 7.19. The van der Waals surface area contributed by atoms with Crippen LogP contribution in [0.15, 0.2) is 29.2 Å². The molecule has 1 aromatic carbocycles. The highest BCUT2D eigenvalue weighted by atomic mass is 32.2. The minimum absolute atomic E-state index is 0.0254. The van der Waals surface area contributed by atoms with Crippen LogP contribution >= 0.6 is 0 Å². The summed E-state index contributed by atoms with van der Waals surface area (Å²) in [7, 11) is -2.49. The molecule has 0 saturated heterocycles. The van der Waals surface area contributed by atoms with Gasteiger partial charge in [-0.1, -0.05) is 6.92 Å². The largest absolute Gasteiger partial charge is 0.481 e. The summed E-state index contributed by atoms with van der Waals surface area (Å²) in [6.45, 7) is 1.28. The lowest BCUT2D eigenvalue weighted by Gasteiger charge is -2.19. The number of benzene rings is 1. The van der Waals surface area contributed by atoms with Crippen LogP contribution in [0.4, 0.5) is 0 Å². The summed E-state index contributed by atoms with van der Waals surface area (Å²) in [6.07, 6.45) is 0. The Kier molecular flexibility index (Phi) is 4.85. The highest BCUT2D eigenvalue weighted by Gasteiger charge is 2.24. The van der Waals surface area contributed by atoms with E-state index in [1.807, 2.05) is 0 Å². The van der Waals surface area contributed by atoms with E-state index in [0.29, 0.717) is 0 Å². The first-order valence-electron chi connectivity index (χ1n) is 5.75. The molecule has 8 heteroatoms. The monoisotopic (exact) mass is 300 g/mol. The number of amides is 1. The topological polar surface area (TPSA) is 118 Å². The number of carbonyl (C=O) groups excluding carboxylic acids is 1. The standard InChI is InChI=1S/C12H16N2O5S/c1-8(12(16)17)7-14(2)20(18,19)10-5-3-9(4-6-10)11(13)15/h3-6,8H,7H2,1-2H3,(H2,13,15)(H,16,17). The number of primary amides is 1. The van der Waals surface area contributed by atoms with Gasteiger partial charge in [0.15, 0.2) is 0 Å². The number of hydrogen-bond donors (Lipinski definition) is 2. The van der Waals surface area contributed by atoms with Gasteiger partial charge in [-0.15, -0.1) is 0 Å². The maximum atomic E-state index is 12.2. The van der Waals surface area contributed by atoms with Crippen molar-refractivity contribution in [2.75, 3.05) is 13.6 Å². The highest BCUT2D eigenvalue weighted by molar-refractivity contribution is 7.89. The van der Waals surface area contributed by atoms with Gasteiger partial charge < -0.3 is 10.8 Å². The lowest BCUT2D eigenvalue weighted by atomic mass is 10.2. The van der Waals surface area contributed by atoms with E-state index in [2.05, 4.69) is 0 Å². The van der Waals surface area contributed by atoms with E-state index in [0.717, 1.165) is 4.31 Å². The molecular weight excluding hydrogens is 284 g/mol. The van der Waals surface area contributed by atoms with Crippen LogP contribution in [0.1, 0.15) is 17.3 Å². The fraction of sp³-hybridized carbons (Fsp3) is 0.333. The zero-order valence-corrected chi connectivity index (χ0v) is 11.9. The second kappa shape index (κ2) is 6.02. The number of carboxylic acids is 1. The van der Waals surface area contributed by atoms with Gasteiger partial charge in [-0.3, -0.25) is 9.59 Å². The molecule has 3 N–H and O–H groups in total. The maximum absolute atomic E-state index is 12.2. The van der Waals surface area contributed by atoms with Crippen molar-refractivity contribution in [1.82, 2.24) is 4.31 Å². The van der Waals surface area contributed by atoms with Crippen LogP contribution in [0, 0.1) is 5.92 Å². The van der Waals surface area contributed by atoms with Crippen molar-refractivity contribution in [3.8, 4) is 0 Å². The van der Waals surface area contributed by atoms with Gasteiger partial charge in [0.1, 0.15) is 0 Å². The second-order valence-corrected chi connectivity index (χ2v) is 6.46. The molecule has 1 amide bonds. The first kappa shape index (κ1) is 16.1. The molecule has 0 aromatic heterocycles. The fourth-order valence-corrected chi connectivity index (χ4v) is 2.79. The molecule has 7 nitrogen and oxygen atoms in total. The summed E-state index contributed by atoms with van der Waals surface area (Å²) in [5.41, 5.74) is 5.27. The summed E-state index contributed by atoms with van der Waals surface area (Å²) in [5, 5.41) is 8.79. The molecule has 0 aliphatic rings. The Balaban J connectivity index is 2.98. The summed E-state index contributed by atoms with van der Waals surface area (Å²) in [5.74, 6) is -2.54. The van der Waals surface area contributed by atoms with Crippen molar-refractivity contribution in [2.24, 2.45) is 11.7 Å². The third-order valence-electron chi connectivity index (χ3n) is 2.80. The number of hydrogen-bond acceptors (Lipinski definition) is 4. The van der Waals surface area contributed by atoms with Gasteiger partial charge in [0.05, 0.1) is 10.8 Å². The third-order valence-corrected chi connectivity index (χ3v) is 4.64. The normalized spacial score (nSPS) is 13.2. The number of aliphatic carboxylic acids is 1. The van der Waals surface area contributed by atoms with E-state index in [4.69, 9.17) is 10.8 Å². The molecule has 110 valence electrons. The van der Waals surface area contributed by atoms with Gasteiger partial charge in [0.2, 0.25) is 15.9 Å². The summed E-state index contributed by atoms with van der Waals surface area (Å²) >= 11 is 0. The number of carboxylic acid groups (broad SMARTS) is 1. The highest BCUT2D eigenvalue weighted by Crippen LogP contribution is 2.16. The minimum Gasteiger partial charge on any atom is -0.481 e. The molecule has 0 heterocycles. The molecule has 1 rings (SSSR count). The Morgan fingerprint density at radius 1 is 1.30 bits per heavy atom. The van der Waals surface area contributed by atoms with Gasteiger partial charge in [0.25, 0.3) is 0 Å². The smallest absolute Gasteiger partial charge is 0.307 e. The summed E-state index contributed by atoms with van der Waals surface area (Å²) in [4.78, 5) is 21.6. The number of carbonyl (C=O) groups is 2. The molecule has 0 radical (unpaired) electrons. The summed E-state index contributed by atoms with van der Waals surface area (Å²) < 4.78 is 25.3. The van der Waals surface area contributed by atoms with E-state index in [1.54, 1.807) is 0 Å². The van der Waals surface area contributed by atoms with E-state index < -0.39 is 27.8 Å². The maximum Gasteiger partial charge on any atom is 0.307 e. The zero-order valence-electron chi connectivity index (χ0n) is 11.1. The van der Waals surface area contributed by atoms with Gasteiger partial charge in [-0.2, -0.15) is 0 Å². The van der Waals surface area contributed by atoms with Crippen LogP contribution in [0.2, 0.25) is 0 Å². The predicted molar refractivity (Wildman–Crippen MR) is 71.6 cm³/mol. The quantitative estimate of drug-likeness (QED) is 0.774. The van der Waals surface area contributed by atoms with Crippen molar-refractivity contribution in [2.45, 2.75) is 11.8 Å². The molecule has 0 aliphatic carbocycles. The van der Waals surface area contributed by atoms with Crippen molar-refractivity contribution >= 4 is 21.9 Å². The Hall–Kier alpha value is -1.93. The SMILES string of the molecule is CC(CN(C)S(=O)(=O)c1ccc(C(N)=O)cc1)C(=O)O. The van der Waals surface area contributed by atoms with E-state index >= 15 is 0 Å². The van der Waals surface area contributed by atoms with Crippen LogP contribution in [-0.4, -0.2) is 43.3 Å². The molecular formula is C12H16N2O5S. The summed E-state index contributed by atoms with van der Waals surface area (Å²) in [6, 6.07) is 5.14. The molecule has 1 atom stereocenters. The number of nitrogens with zero attached hydrogens (tertiary/aromatic N) is 1. The van der Waals surface area contributed by atoms with Crippen LogP contribution in [0.25, 0.3) is 0 Å². The lowest BCUT2D eigenvalue weighted by Crippen LogP contribution is -2.33. The van der Waals surface area contributed by atoms with Crippen molar-refractivity contribution in [3.05, 3.63) is 29.8 Å². The lowest BCUT2D eigenvalue weighted by molar-refractivity contribution is -0.141. The van der Waals surface area contributed by atoms with Crippen LogP contribution in [0.3, 0.4) is 0 Å². The van der Waals surface area contributed by atoms with Crippen molar-refractivity contribution in [1.29, 1.82) is 0 Å². The first-order chi connectivity index (χ1) is 9.16. The van der Waals surface area contributed by atoms with Crippen molar-refractivity contribution < 1.29 is 23.1 Å². The van der Waals surface area contributed by atoms with Gasteiger partial charge in [-0.25, -0.2) is 12.7 Å². The van der Waals surface area contributed by atoms with E-state index in [1.165, 1.54) is 38.2 Å². The van der Waals surface area contributed by atoms with Crippen LogP contribution in [-0.2, 0) is 14.8 Å². The zero-order chi connectivity index (χ0) is 15.5. The number of rotatable bonds is 6. The minimum atomic E-state index is -3.79. The average molecular weight is 300 g/mol. The Morgan fingerprint density at radius 2 is 1.80 bits per heavy atom. The fourth-order valence-electron chi connectivity index (χ4n) is 1.53. The molecule has 0 spiro atoms. The van der Waals surface area contributed by atoms with Crippen LogP contribution < -0.4 is 5.73 Å². The number of sulfonamides is 1. The third kappa shape index (κ3) is 3.55. The molecule has 1 aromatic rings. The van der Waals surface area contributed by atoms with Gasteiger partial charge in [-0.05, 0) is 24.3 Å². The molecule has 20 heavy (non-hydrogen) atoms. The predicted octanol–water partition coefficient (Wildman–Crippen LogP) is 0.127. The molecule has 1 unspecified atom stereocenters. The van der Waals surface area contributed by atoms with Gasteiger partial charge in [0, 0.05) is 19.2 Å².